The summed E-state index contributed by atoms with van der Waals surface area (Å²) in [7, 11) is -3.30. The minimum absolute atomic E-state index is 0.141. The van der Waals surface area contributed by atoms with E-state index in [-0.39, 0.29) is 16.6 Å². The monoisotopic (exact) mass is 360 g/mol. The number of nitrogens with two attached hydrogens (primary N) is 1. The summed E-state index contributed by atoms with van der Waals surface area (Å²) in [5.74, 6) is 5.67. The molecule has 2 rings (SSSR count). The molecule has 2 N–H and O–H groups in total. The van der Waals surface area contributed by atoms with E-state index >= 15 is 0 Å². The molecule has 0 atom stereocenters. The molecule has 2 aromatic carbocycles. The van der Waals surface area contributed by atoms with Gasteiger partial charge in [-0.25, -0.2) is 19.3 Å². The van der Waals surface area contributed by atoms with Crippen LogP contribution in [0.25, 0.3) is 0 Å². The average Bonchev–Trinajstić information content (AvgIpc) is 2.65. The highest BCUT2D eigenvalue weighted by Gasteiger charge is 2.17. The SMILES string of the molecule is CCCCCCS(=O)(=O)c1ccc(N(N)C(=O)c2ccccc2)cc1. The van der Waals surface area contributed by atoms with E-state index in [1.165, 1.54) is 12.1 Å². The summed E-state index contributed by atoms with van der Waals surface area (Å²) in [6.45, 7) is 2.09. The van der Waals surface area contributed by atoms with Crippen molar-refractivity contribution in [1.82, 2.24) is 0 Å². The highest BCUT2D eigenvalue weighted by molar-refractivity contribution is 7.91. The molecule has 25 heavy (non-hydrogen) atoms. The summed E-state index contributed by atoms with van der Waals surface area (Å²) >= 11 is 0. The molecule has 0 radical (unpaired) electrons. The van der Waals surface area contributed by atoms with Gasteiger partial charge < -0.3 is 0 Å². The highest BCUT2D eigenvalue weighted by Crippen LogP contribution is 2.19. The van der Waals surface area contributed by atoms with E-state index in [0.29, 0.717) is 17.7 Å². The third-order valence-electron chi connectivity index (χ3n) is 3.98. The van der Waals surface area contributed by atoms with Crippen LogP contribution < -0.4 is 10.9 Å². The first-order valence-electron chi connectivity index (χ1n) is 8.42. The maximum Gasteiger partial charge on any atom is 0.272 e. The van der Waals surface area contributed by atoms with Gasteiger partial charge in [-0.15, -0.1) is 0 Å². The third-order valence-corrected chi connectivity index (χ3v) is 5.80. The Morgan fingerprint density at radius 1 is 0.960 bits per heavy atom. The number of sulfone groups is 1. The Morgan fingerprint density at radius 2 is 1.60 bits per heavy atom. The molecule has 6 heteroatoms. The van der Waals surface area contributed by atoms with Crippen LogP contribution in [0.4, 0.5) is 5.69 Å². The molecule has 0 aromatic heterocycles. The Morgan fingerprint density at radius 3 is 2.20 bits per heavy atom. The van der Waals surface area contributed by atoms with Gasteiger partial charge in [-0.2, -0.15) is 0 Å². The largest absolute Gasteiger partial charge is 0.272 e. The second kappa shape index (κ2) is 8.78. The van der Waals surface area contributed by atoms with Crippen molar-refractivity contribution in [3.8, 4) is 0 Å². The lowest BCUT2D eigenvalue weighted by molar-refractivity contribution is 0.0987. The van der Waals surface area contributed by atoms with E-state index in [4.69, 9.17) is 5.84 Å². The van der Waals surface area contributed by atoms with Crippen molar-refractivity contribution in [2.75, 3.05) is 10.8 Å². The Balaban J connectivity index is 2.07. The molecule has 5 nitrogen and oxygen atoms in total. The first kappa shape index (κ1) is 19.1. The van der Waals surface area contributed by atoms with Gasteiger partial charge in [0.15, 0.2) is 9.84 Å². The maximum absolute atomic E-state index is 12.3. The Kier molecular flexibility index (Phi) is 6.73. The quantitative estimate of drug-likeness (QED) is 0.338. The van der Waals surface area contributed by atoms with Gasteiger partial charge in [0, 0.05) is 5.56 Å². The molecule has 0 spiro atoms. The highest BCUT2D eigenvalue weighted by atomic mass is 32.2. The van der Waals surface area contributed by atoms with Gasteiger partial charge >= 0.3 is 0 Å². The summed E-state index contributed by atoms with van der Waals surface area (Å²) < 4.78 is 24.6. The number of nitrogens with zero attached hydrogens (tertiary/aromatic N) is 1. The molecule has 0 fully saturated rings. The predicted molar refractivity (Wildman–Crippen MR) is 100 cm³/mol. The van der Waals surface area contributed by atoms with Crippen LogP contribution in [0.1, 0.15) is 43.0 Å². The topological polar surface area (TPSA) is 80.5 Å². The van der Waals surface area contributed by atoms with E-state index in [9.17, 15) is 13.2 Å². The van der Waals surface area contributed by atoms with E-state index < -0.39 is 9.84 Å². The van der Waals surface area contributed by atoms with Crippen LogP contribution in [-0.2, 0) is 9.84 Å². The van der Waals surface area contributed by atoms with Gasteiger partial charge in [-0.1, -0.05) is 44.4 Å². The molecule has 0 aliphatic rings. The number of amides is 1. The fraction of sp³-hybridized carbons (Fsp3) is 0.316. The molecule has 0 heterocycles. The summed E-state index contributed by atoms with van der Waals surface area (Å²) in [6.07, 6.45) is 3.68. The number of anilines is 1. The van der Waals surface area contributed by atoms with Crippen molar-refractivity contribution in [2.45, 2.75) is 37.5 Å². The molecular weight excluding hydrogens is 336 g/mol. The first-order valence-corrected chi connectivity index (χ1v) is 10.1. The molecule has 0 saturated carbocycles. The van der Waals surface area contributed by atoms with Crippen molar-refractivity contribution in [1.29, 1.82) is 0 Å². The number of rotatable bonds is 8. The predicted octanol–water partition coefficient (Wildman–Crippen LogP) is 3.56. The second-order valence-corrected chi connectivity index (χ2v) is 8.02. The van der Waals surface area contributed by atoms with Gasteiger partial charge in [0.05, 0.1) is 16.3 Å². The van der Waals surface area contributed by atoms with Crippen LogP contribution >= 0.6 is 0 Å². The summed E-state index contributed by atoms with van der Waals surface area (Å²) in [6, 6.07) is 14.8. The van der Waals surface area contributed by atoms with Crippen molar-refractivity contribution in [2.24, 2.45) is 5.84 Å². The van der Waals surface area contributed by atoms with E-state index in [2.05, 4.69) is 6.92 Å². The number of hydrazine groups is 1. The minimum atomic E-state index is -3.30. The molecule has 2 aromatic rings. The van der Waals surface area contributed by atoms with Crippen molar-refractivity contribution >= 4 is 21.4 Å². The fourth-order valence-electron chi connectivity index (χ4n) is 2.49. The van der Waals surface area contributed by atoms with E-state index in [0.717, 1.165) is 24.3 Å². The van der Waals surface area contributed by atoms with Crippen molar-refractivity contribution in [3.05, 3.63) is 60.2 Å². The molecule has 0 aliphatic heterocycles. The first-order chi connectivity index (χ1) is 12.0. The Labute approximate surface area is 149 Å². The Bertz CT molecular complexity index is 787. The molecule has 134 valence electrons. The minimum Gasteiger partial charge on any atom is -0.267 e. The number of carbonyl (C=O) groups is 1. The van der Waals surface area contributed by atoms with Gasteiger partial charge in [-0.3, -0.25) is 4.79 Å². The number of benzene rings is 2. The zero-order chi connectivity index (χ0) is 18.3. The number of unbranched alkanes of at least 4 members (excludes halogenated alkanes) is 3. The van der Waals surface area contributed by atoms with Crippen molar-refractivity contribution in [3.63, 3.8) is 0 Å². The van der Waals surface area contributed by atoms with Crippen LogP contribution in [0.2, 0.25) is 0 Å². The average molecular weight is 360 g/mol. The summed E-state index contributed by atoms with van der Waals surface area (Å²) in [5.41, 5.74) is 0.913. The molecule has 1 amide bonds. The van der Waals surface area contributed by atoms with Crippen LogP contribution in [0.3, 0.4) is 0 Å². The number of carbonyl (C=O) groups excluding carboxylic acids is 1. The smallest absolute Gasteiger partial charge is 0.267 e. The van der Waals surface area contributed by atoms with E-state index in [1.807, 2.05) is 6.07 Å². The van der Waals surface area contributed by atoms with E-state index in [1.54, 1.807) is 36.4 Å². The zero-order valence-electron chi connectivity index (χ0n) is 14.4. The normalized spacial score (nSPS) is 11.3. The second-order valence-electron chi connectivity index (χ2n) is 5.91. The lowest BCUT2D eigenvalue weighted by Crippen LogP contribution is -2.37. The van der Waals surface area contributed by atoms with Crippen LogP contribution in [0, 0.1) is 0 Å². The van der Waals surface area contributed by atoms with Crippen LogP contribution in [-0.4, -0.2) is 20.1 Å². The lowest BCUT2D eigenvalue weighted by Gasteiger charge is -2.17. The lowest BCUT2D eigenvalue weighted by atomic mass is 10.2. The zero-order valence-corrected chi connectivity index (χ0v) is 15.2. The van der Waals surface area contributed by atoms with Gasteiger partial charge in [0.2, 0.25) is 0 Å². The van der Waals surface area contributed by atoms with Crippen molar-refractivity contribution < 1.29 is 13.2 Å². The molecule has 0 unspecified atom stereocenters. The van der Waals surface area contributed by atoms with Gasteiger partial charge in [0.1, 0.15) is 0 Å². The third kappa shape index (κ3) is 5.14. The number of hydrogen-bond donors (Lipinski definition) is 1. The Hall–Kier alpha value is -2.18. The van der Waals surface area contributed by atoms with Crippen LogP contribution in [0.15, 0.2) is 59.5 Å². The summed E-state index contributed by atoms with van der Waals surface area (Å²) in [4.78, 5) is 12.6. The molecule has 0 saturated heterocycles. The summed E-state index contributed by atoms with van der Waals surface area (Å²) in [5, 5.41) is 1.02. The van der Waals surface area contributed by atoms with Gasteiger partial charge in [-0.05, 0) is 42.8 Å². The number of hydrogen-bond acceptors (Lipinski definition) is 4. The maximum atomic E-state index is 12.3. The molecule has 0 bridgehead atoms. The molecule has 0 aliphatic carbocycles. The van der Waals surface area contributed by atoms with Crippen LogP contribution in [0.5, 0.6) is 0 Å². The standard InChI is InChI=1S/C19H24N2O3S/c1-2-3-4-8-15-25(23,24)18-13-11-17(12-14-18)21(20)19(22)16-9-6-5-7-10-16/h5-7,9-14H,2-4,8,15,20H2,1H3. The van der Waals surface area contributed by atoms with Gasteiger partial charge in [0.25, 0.3) is 5.91 Å². The molecular formula is C19H24N2O3S. The fourth-order valence-corrected chi connectivity index (χ4v) is 3.86.